The summed E-state index contributed by atoms with van der Waals surface area (Å²) in [7, 11) is 0. The van der Waals surface area contributed by atoms with Crippen LogP contribution in [-0.4, -0.2) is 5.11 Å². The van der Waals surface area contributed by atoms with Crippen molar-refractivity contribution in [3.8, 4) is 5.75 Å². The summed E-state index contributed by atoms with van der Waals surface area (Å²) in [5.41, 5.74) is 3.62. The largest absolute Gasteiger partial charge is 0.505 e. The molecule has 9 heteroatoms. The van der Waals surface area contributed by atoms with Crippen molar-refractivity contribution in [2.45, 2.75) is 12.4 Å². The molecule has 0 saturated heterocycles. The zero-order valence-corrected chi connectivity index (χ0v) is 7.95. The molecule has 0 aromatic heterocycles. The smallest absolute Gasteiger partial charge is 0.422 e. The van der Waals surface area contributed by atoms with E-state index in [1.165, 1.54) is 0 Å². The van der Waals surface area contributed by atoms with E-state index in [9.17, 15) is 26.3 Å². The molecule has 1 aromatic rings. The van der Waals surface area contributed by atoms with Crippen molar-refractivity contribution < 1.29 is 31.4 Å². The van der Waals surface area contributed by atoms with E-state index in [2.05, 4.69) is 0 Å². The maximum atomic E-state index is 12.3. The molecule has 0 saturated carbocycles. The second-order valence-electron chi connectivity index (χ2n) is 3.15. The quantitative estimate of drug-likeness (QED) is 0.381. The Morgan fingerprint density at radius 2 is 1.41 bits per heavy atom. The minimum atomic E-state index is -5.09. The van der Waals surface area contributed by atoms with Crippen LogP contribution in [0.3, 0.4) is 0 Å². The highest BCUT2D eigenvalue weighted by Crippen LogP contribution is 2.47. The fourth-order valence-corrected chi connectivity index (χ4v) is 1.24. The van der Waals surface area contributed by atoms with Gasteiger partial charge in [-0.05, 0) is 6.07 Å². The molecule has 0 bridgehead atoms. The molecule has 1 rings (SSSR count). The van der Waals surface area contributed by atoms with E-state index >= 15 is 0 Å². The summed E-state index contributed by atoms with van der Waals surface area (Å²) in [6.07, 6.45) is -10.1. The summed E-state index contributed by atoms with van der Waals surface area (Å²) >= 11 is 0. The number of aromatic hydroxyl groups is 1. The lowest BCUT2D eigenvalue weighted by Gasteiger charge is -2.17. The van der Waals surface area contributed by atoms with E-state index < -0.39 is 40.6 Å². The van der Waals surface area contributed by atoms with Crippen LogP contribution in [0.25, 0.3) is 0 Å². The normalized spacial score (nSPS) is 12.8. The Labute approximate surface area is 90.6 Å². The number of hydrogen-bond acceptors (Lipinski definition) is 3. The first kappa shape index (κ1) is 13.3. The molecule has 0 unspecified atom stereocenters. The average molecular weight is 260 g/mol. The van der Waals surface area contributed by atoms with Crippen LogP contribution >= 0.6 is 0 Å². The van der Waals surface area contributed by atoms with Gasteiger partial charge in [0.1, 0.15) is 5.56 Å². The minimum Gasteiger partial charge on any atom is -0.505 e. The first-order chi connectivity index (χ1) is 7.46. The van der Waals surface area contributed by atoms with Crippen molar-refractivity contribution in [2.24, 2.45) is 0 Å². The Balaban J connectivity index is 3.60. The zero-order chi connectivity index (χ0) is 13.6. The number of rotatable bonds is 0. The number of alkyl halides is 6. The maximum absolute atomic E-state index is 12.3. The first-order valence-electron chi connectivity index (χ1n) is 4.01. The lowest BCUT2D eigenvalue weighted by molar-refractivity contribution is -0.141. The monoisotopic (exact) mass is 260 g/mol. The third-order valence-corrected chi connectivity index (χ3v) is 1.96. The summed E-state index contributed by atoms with van der Waals surface area (Å²) in [6.45, 7) is 0. The van der Waals surface area contributed by atoms with Crippen LogP contribution in [0.15, 0.2) is 6.07 Å². The molecule has 5 N–H and O–H groups in total. The predicted molar refractivity (Wildman–Crippen MR) is 46.9 cm³/mol. The maximum Gasteiger partial charge on any atom is 0.422 e. The number of benzene rings is 1. The number of halogens is 6. The molecule has 17 heavy (non-hydrogen) atoms. The van der Waals surface area contributed by atoms with Gasteiger partial charge in [0.2, 0.25) is 0 Å². The SMILES string of the molecule is Nc1cc(C(F)(F)F)c(N)c(O)c1C(F)(F)F. The van der Waals surface area contributed by atoms with Gasteiger partial charge >= 0.3 is 12.4 Å². The van der Waals surface area contributed by atoms with Gasteiger partial charge in [0, 0.05) is 5.69 Å². The minimum absolute atomic E-state index is 0.0396. The number of phenols is 1. The van der Waals surface area contributed by atoms with E-state index in [4.69, 9.17) is 16.6 Å². The van der Waals surface area contributed by atoms with Crippen LogP contribution in [0.2, 0.25) is 0 Å². The molecule has 0 aliphatic carbocycles. The third-order valence-electron chi connectivity index (χ3n) is 1.96. The van der Waals surface area contributed by atoms with Crippen LogP contribution in [0.4, 0.5) is 37.7 Å². The Kier molecular flexibility index (Phi) is 2.81. The van der Waals surface area contributed by atoms with Gasteiger partial charge in [-0.15, -0.1) is 0 Å². The Hall–Kier alpha value is -1.80. The second kappa shape index (κ2) is 3.60. The van der Waals surface area contributed by atoms with Crippen LogP contribution in [0.5, 0.6) is 5.75 Å². The highest BCUT2D eigenvalue weighted by atomic mass is 19.4. The zero-order valence-electron chi connectivity index (χ0n) is 7.95. The Morgan fingerprint density at radius 3 is 1.76 bits per heavy atom. The van der Waals surface area contributed by atoms with Crippen LogP contribution < -0.4 is 11.5 Å². The standard InChI is InChI=1S/C8H6F6N2O/c9-7(10,11)2-1-3(15)4(8(12,13)14)6(17)5(2)16/h1,17H,15-16H2. The number of hydrogen-bond donors (Lipinski definition) is 3. The molecule has 0 spiro atoms. The van der Waals surface area contributed by atoms with Crippen LogP contribution in [0, 0.1) is 0 Å². The second-order valence-corrected chi connectivity index (χ2v) is 3.15. The van der Waals surface area contributed by atoms with E-state index in [1.54, 1.807) is 0 Å². The van der Waals surface area contributed by atoms with E-state index in [-0.39, 0.29) is 6.07 Å². The van der Waals surface area contributed by atoms with Crippen molar-refractivity contribution in [3.05, 3.63) is 17.2 Å². The molecule has 1 aromatic carbocycles. The van der Waals surface area contributed by atoms with Gasteiger partial charge in [-0.25, -0.2) is 0 Å². The molecule has 0 atom stereocenters. The molecule has 0 heterocycles. The molecular weight excluding hydrogens is 254 g/mol. The van der Waals surface area contributed by atoms with Gasteiger partial charge < -0.3 is 16.6 Å². The highest BCUT2D eigenvalue weighted by Gasteiger charge is 2.42. The molecule has 0 amide bonds. The van der Waals surface area contributed by atoms with Crippen molar-refractivity contribution >= 4 is 11.4 Å². The number of anilines is 2. The van der Waals surface area contributed by atoms with Gasteiger partial charge in [0.15, 0.2) is 5.75 Å². The number of nitrogen functional groups attached to an aromatic ring is 2. The van der Waals surface area contributed by atoms with Crippen molar-refractivity contribution in [1.29, 1.82) is 0 Å². The van der Waals surface area contributed by atoms with Crippen LogP contribution in [-0.2, 0) is 12.4 Å². The van der Waals surface area contributed by atoms with Gasteiger partial charge in [-0.2, -0.15) is 26.3 Å². The number of nitrogens with two attached hydrogens (primary N) is 2. The lowest BCUT2D eigenvalue weighted by Crippen LogP contribution is -2.15. The molecule has 3 nitrogen and oxygen atoms in total. The molecule has 0 aliphatic rings. The lowest BCUT2D eigenvalue weighted by atomic mass is 10.0. The Bertz CT molecular complexity index is 451. The fourth-order valence-electron chi connectivity index (χ4n) is 1.24. The Morgan fingerprint density at radius 1 is 0.941 bits per heavy atom. The van der Waals surface area contributed by atoms with Gasteiger partial charge in [0.25, 0.3) is 0 Å². The fraction of sp³-hybridized carbons (Fsp3) is 0.250. The van der Waals surface area contributed by atoms with Gasteiger partial charge in [0.05, 0.1) is 11.3 Å². The summed E-state index contributed by atoms with van der Waals surface area (Å²) in [5, 5.41) is 9.03. The van der Waals surface area contributed by atoms with E-state index in [0.717, 1.165) is 0 Å². The predicted octanol–water partition coefficient (Wildman–Crippen LogP) is 2.59. The van der Waals surface area contributed by atoms with Gasteiger partial charge in [-0.3, -0.25) is 0 Å². The van der Waals surface area contributed by atoms with Crippen LogP contribution in [0.1, 0.15) is 11.1 Å². The molecule has 96 valence electrons. The summed E-state index contributed by atoms with van der Waals surface area (Å²) in [4.78, 5) is 0. The molecule has 0 aliphatic heterocycles. The van der Waals surface area contributed by atoms with Gasteiger partial charge in [-0.1, -0.05) is 0 Å². The molecular formula is C8H6F6N2O. The van der Waals surface area contributed by atoms with Crippen molar-refractivity contribution in [1.82, 2.24) is 0 Å². The summed E-state index contributed by atoms with van der Waals surface area (Å²) in [6, 6.07) is 0.0396. The summed E-state index contributed by atoms with van der Waals surface area (Å²) in [5.74, 6) is -1.72. The van der Waals surface area contributed by atoms with Crippen molar-refractivity contribution in [3.63, 3.8) is 0 Å². The highest BCUT2D eigenvalue weighted by molar-refractivity contribution is 5.71. The average Bonchev–Trinajstić information content (AvgIpc) is 2.07. The molecule has 0 radical (unpaired) electrons. The topological polar surface area (TPSA) is 72.3 Å². The number of phenolic OH excluding ortho intramolecular Hbond substituents is 1. The van der Waals surface area contributed by atoms with Crippen molar-refractivity contribution in [2.75, 3.05) is 11.5 Å². The van der Waals surface area contributed by atoms with E-state index in [0.29, 0.717) is 0 Å². The summed E-state index contributed by atoms with van der Waals surface area (Å²) < 4.78 is 74.0. The molecule has 0 fully saturated rings. The first-order valence-corrected chi connectivity index (χ1v) is 4.01. The van der Waals surface area contributed by atoms with E-state index in [1.807, 2.05) is 0 Å². The third kappa shape index (κ3) is 2.32.